The fraction of sp³-hybridized carbons (Fsp3) is 0.310. The minimum absolute atomic E-state index is 0.0527. The minimum atomic E-state index is -0.879. The quantitative estimate of drug-likeness (QED) is 0.314. The number of rotatable bonds is 9. The molecule has 1 unspecified atom stereocenters. The van der Waals surface area contributed by atoms with Gasteiger partial charge in [0.15, 0.2) is 0 Å². The molecule has 0 spiro atoms. The van der Waals surface area contributed by atoms with Gasteiger partial charge in [-0.25, -0.2) is 9.78 Å². The Morgan fingerprint density at radius 2 is 1.92 bits per heavy atom. The van der Waals surface area contributed by atoms with Crippen molar-refractivity contribution in [1.82, 2.24) is 14.5 Å². The van der Waals surface area contributed by atoms with Gasteiger partial charge in [-0.2, -0.15) is 0 Å². The molecule has 9 nitrogen and oxygen atoms in total. The van der Waals surface area contributed by atoms with Crippen molar-refractivity contribution in [2.24, 2.45) is 0 Å². The third kappa shape index (κ3) is 6.67. The highest BCUT2D eigenvalue weighted by molar-refractivity contribution is 5.86. The van der Waals surface area contributed by atoms with Gasteiger partial charge >= 0.3 is 12.1 Å². The molecule has 1 aromatic carbocycles. The Hall–Kier alpha value is -4.40. The lowest BCUT2D eigenvalue weighted by molar-refractivity contribution is -0.137. The highest BCUT2D eigenvalue weighted by Crippen LogP contribution is 2.29. The third-order valence-electron chi connectivity index (χ3n) is 5.89. The van der Waals surface area contributed by atoms with Crippen LogP contribution >= 0.6 is 0 Å². The summed E-state index contributed by atoms with van der Waals surface area (Å²) in [5.41, 5.74) is 1.94. The van der Waals surface area contributed by atoms with Crippen molar-refractivity contribution in [3.05, 3.63) is 84.4 Å². The van der Waals surface area contributed by atoms with Gasteiger partial charge in [-0.3, -0.25) is 14.7 Å². The minimum Gasteiger partial charge on any atom is -0.493 e. The fourth-order valence-corrected chi connectivity index (χ4v) is 4.11. The van der Waals surface area contributed by atoms with Crippen LogP contribution in [0.1, 0.15) is 44.5 Å². The van der Waals surface area contributed by atoms with Crippen LogP contribution < -0.4 is 9.64 Å². The molecule has 3 heterocycles. The summed E-state index contributed by atoms with van der Waals surface area (Å²) in [4.78, 5) is 34.0. The van der Waals surface area contributed by atoms with Crippen molar-refractivity contribution in [3.63, 3.8) is 0 Å². The third-order valence-corrected chi connectivity index (χ3v) is 5.89. The molecule has 0 saturated carbocycles. The normalized spacial score (nSPS) is 12.2. The molecular formula is C29H32N4O5. The van der Waals surface area contributed by atoms with Crippen LogP contribution in [0.15, 0.2) is 73.2 Å². The highest BCUT2D eigenvalue weighted by Gasteiger charge is 2.22. The van der Waals surface area contributed by atoms with E-state index < -0.39 is 17.7 Å². The summed E-state index contributed by atoms with van der Waals surface area (Å²) >= 11 is 0. The number of hydrogen-bond donors (Lipinski definition) is 1. The van der Waals surface area contributed by atoms with Gasteiger partial charge in [0.05, 0.1) is 19.1 Å². The van der Waals surface area contributed by atoms with Gasteiger partial charge in [-0.1, -0.05) is 12.1 Å². The predicted octanol–water partition coefficient (Wildman–Crippen LogP) is 5.49. The van der Waals surface area contributed by atoms with Gasteiger partial charge in [0.2, 0.25) is 0 Å². The Labute approximate surface area is 221 Å². The van der Waals surface area contributed by atoms with Gasteiger partial charge in [0.25, 0.3) is 0 Å². The molecule has 1 atom stereocenters. The summed E-state index contributed by atoms with van der Waals surface area (Å²) in [6.07, 6.45) is 5.30. The lowest BCUT2D eigenvalue weighted by atomic mass is 10.1. The second kappa shape index (κ2) is 11.3. The number of aromatic nitrogens is 3. The molecule has 1 N–H and O–H groups in total. The van der Waals surface area contributed by atoms with Crippen molar-refractivity contribution < 1.29 is 24.2 Å². The summed E-state index contributed by atoms with van der Waals surface area (Å²) in [7, 11) is 1.63. The Balaban J connectivity index is 1.43. The van der Waals surface area contributed by atoms with Gasteiger partial charge < -0.3 is 19.1 Å². The zero-order valence-corrected chi connectivity index (χ0v) is 22.0. The first-order valence-electron chi connectivity index (χ1n) is 12.4. The van der Waals surface area contributed by atoms with E-state index in [0.717, 1.165) is 22.2 Å². The number of ether oxygens (including phenoxy) is 2. The molecule has 0 aliphatic heterocycles. The van der Waals surface area contributed by atoms with Crippen molar-refractivity contribution >= 4 is 28.8 Å². The van der Waals surface area contributed by atoms with E-state index in [1.165, 1.54) is 4.90 Å². The number of pyridine rings is 2. The summed E-state index contributed by atoms with van der Waals surface area (Å²) in [5, 5.41) is 10.4. The van der Waals surface area contributed by atoms with Crippen molar-refractivity contribution in [2.75, 3.05) is 18.6 Å². The van der Waals surface area contributed by atoms with Crippen LogP contribution in [0.5, 0.6) is 5.75 Å². The summed E-state index contributed by atoms with van der Waals surface area (Å²) < 4.78 is 13.4. The molecule has 38 heavy (non-hydrogen) atoms. The summed E-state index contributed by atoms with van der Waals surface area (Å²) in [5.74, 6) is 0.327. The molecule has 0 bridgehead atoms. The van der Waals surface area contributed by atoms with E-state index in [1.807, 2.05) is 80.1 Å². The zero-order chi connectivity index (χ0) is 27.3. The number of carboxylic acid groups (broad SMARTS) is 1. The summed E-state index contributed by atoms with van der Waals surface area (Å²) in [6, 6.07) is 16.5. The van der Waals surface area contributed by atoms with Crippen LogP contribution in [-0.4, -0.2) is 51.0 Å². The molecule has 0 aliphatic carbocycles. The van der Waals surface area contributed by atoms with Crippen LogP contribution in [0.2, 0.25) is 0 Å². The van der Waals surface area contributed by atoms with Crippen LogP contribution in [0.3, 0.4) is 0 Å². The van der Waals surface area contributed by atoms with Gasteiger partial charge in [-0.15, -0.1) is 0 Å². The van der Waals surface area contributed by atoms with Crippen molar-refractivity contribution in [3.8, 4) is 5.75 Å². The molecule has 198 valence electrons. The molecule has 1 amide bonds. The van der Waals surface area contributed by atoms with E-state index in [2.05, 4.69) is 9.97 Å². The number of anilines is 1. The topological polar surface area (TPSA) is 107 Å². The molecular weight excluding hydrogens is 484 g/mol. The van der Waals surface area contributed by atoms with E-state index in [1.54, 1.807) is 25.5 Å². The standard InChI is InChI=1S/C29H32N4O5/c1-29(2,3)38-28(36)32(4)26-9-5-8-22(31-26)13-16-37-23-10-11-24-20(17-23)12-15-33(24)25(18-27(34)35)21-7-6-14-30-19-21/h5-12,14-15,17,19,25H,13,16,18H2,1-4H3,(H,34,35). The highest BCUT2D eigenvalue weighted by atomic mass is 16.6. The largest absolute Gasteiger partial charge is 0.493 e. The Morgan fingerprint density at radius 3 is 2.63 bits per heavy atom. The first kappa shape index (κ1) is 26.7. The number of amides is 1. The number of carbonyl (C=O) groups excluding carboxylic acids is 1. The number of carbonyl (C=O) groups is 2. The maximum absolute atomic E-state index is 12.4. The molecule has 4 rings (SSSR count). The Morgan fingerprint density at radius 1 is 1.11 bits per heavy atom. The van der Waals surface area contributed by atoms with Crippen LogP contribution in [0, 0.1) is 0 Å². The average Bonchev–Trinajstić information content (AvgIpc) is 3.29. The smallest absolute Gasteiger partial charge is 0.415 e. The second-order valence-corrected chi connectivity index (χ2v) is 9.97. The molecule has 0 fully saturated rings. The monoisotopic (exact) mass is 516 g/mol. The first-order valence-corrected chi connectivity index (χ1v) is 12.4. The molecule has 0 saturated heterocycles. The lowest BCUT2D eigenvalue weighted by Crippen LogP contribution is -2.34. The number of hydrogen-bond acceptors (Lipinski definition) is 6. The lowest BCUT2D eigenvalue weighted by Gasteiger charge is -2.24. The molecule has 9 heteroatoms. The van der Waals surface area contributed by atoms with E-state index in [4.69, 9.17) is 9.47 Å². The molecule has 4 aromatic rings. The predicted molar refractivity (Wildman–Crippen MR) is 145 cm³/mol. The van der Waals surface area contributed by atoms with E-state index in [0.29, 0.717) is 24.6 Å². The van der Waals surface area contributed by atoms with Gasteiger partial charge in [-0.05, 0) is 68.8 Å². The average molecular weight is 517 g/mol. The Kier molecular flexibility index (Phi) is 7.95. The number of carboxylic acids is 1. The molecule has 3 aromatic heterocycles. The van der Waals surface area contributed by atoms with Gasteiger partial charge in [0.1, 0.15) is 17.2 Å². The summed E-state index contributed by atoms with van der Waals surface area (Å²) in [6.45, 7) is 5.86. The second-order valence-electron chi connectivity index (χ2n) is 9.97. The Bertz CT molecular complexity index is 1410. The maximum atomic E-state index is 12.4. The van der Waals surface area contributed by atoms with Crippen LogP contribution in [-0.2, 0) is 16.0 Å². The SMILES string of the molecule is CN(C(=O)OC(C)(C)C)c1cccc(CCOc2ccc3c(ccn3C(CC(=O)O)c3cccnc3)c2)n1. The maximum Gasteiger partial charge on any atom is 0.415 e. The van der Waals surface area contributed by atoms with E-state index in [9.17, 15) is 14.7 Å². The van der Waals surface area contributed by atoms with Crippen LogP contribution in [0.25, 0.3) is 10.9 Å². The van der Waals surface area contributed by atoms with Crippen molar-refractivity contribution in [2.45, 2.75) is 45.3 Å². The number of benzene rings is 1. The van der Waals surface area contributed by atoms with Crippen molar-refractivity contribution in [1.29, 1.82) is 0 Å². The first-order chi connectivity index (χ1) is 18.1. The fourth-order valence-electron chi connectivity index (χ4n) is 4.11. The number of aliphatic carboxylic acids is 1. The number of fused-ring (bicyclic) bond motifs is 1. The number of nitrogens with zero attached hydrogens (tertiary/aromatic N) is 4. The van der Waals surface area contributed by atoms with E-state index >= 15 is 0 Å². The van der Waals surface area contributed by atoms with Crippen LogP contribution in [0.4, 0.5) is 10.6 Å². The van der Waals surface area contributed by atoms with E-state index in [-0.39, 0.29) is 12.5 Å². The molecule has 0 aliphatic rings. The molecule has 0 radical (unpaired) electrons. The zero-order valence-electron chi connectivity index (χ0n) is 22.0. The van der Waals surface area contributed by atoms with Gasteiger partial charge in [0, 0.05) is 48.7 Å².